The van der Waals surface area contributed by atoms with Crippen LogP contribution in [0.3, 0.4) is 0 Å². The van der Waals surface area contributed by atoms with Crippen molar-refractivity contribution in [3.8, 4) is 0 Å². The molecule has 8 heteroatoms. The molecule has 0 aliphatic carbocycles. The predicted molar refractivity (Wildman–Crippen MR) is 107 cm³/mol. The van der Waals surface area contributed by atoms with E-state index in [1.165, 1.54) is 5.69 Å². The first-order valence-corrected chi connectivity index (χ1v) is 9.85. The molecule has 0 saturated carbocycles. The highest BCUT2D eigenvalue weighted by molar-refractivity contribution is 5.79. The Bertz CT molecular complexity index is 717. The van der Waals surface area contributed by atoms with Gasteiger partial charge >= 0.3 is 0 Å². The molecular weight excluding hydrogens is 342 g/mol. The van der Waals surface area contributed by atoms with E-state index in [2.05, 4.69) is 64.6 Å². The largest absolute Gasteiger partial charge is 0.357 e. The molecule has 2 N–H and O–H groups in total. The maximum absolute atomic E-state index is 5.27. The number of aliphatic imine (C=N–C) groups is 1. The van der Waals surface area contributed by atoms with Gasteiger partial charge in [0.1, 0.15) is 0 Å². The summed E-state index contributed by atoms with van der Waals surface area (Å²) in [6, 6.07) is 2.10. The van der Waals surface area contributed by atoms with Crippen molar-refractivity contribution >= 4 is 5.96 Å². The molecule has 0 atom stereocenters. The van der Waals surface area contributed by atoms with Gasteiger partial charge in [-0.2, -0.15) is 10.1 Å². The second-order valence-corrected chi connectivity index (χ2v) is 7.00. The quantitative estimate of drug-likeness (QED) is 0.377. The summed E-state index contributed by atoms with van der Waals surface area (Å²) in [6.45, 7) is 13.6. The first-order valence-electron chi connectivity index (χ1n) is 9.85. The Balaban J connectivity index is 1.70. The summed E-state index contributed by atoms with van der Waals surface area (Å²) in [5.41, 5.74) is 2.26. The zero-order valence-electron chi connectivity index (χ0n) is 17.2. The van der Waals surface area contributed by atoms with Crippen molar-refractivity contribution in [1.29, 1.82) is 0 Å². The van der Waals surface area contributed by atoms with Crippen LogP contribution in [-0.2, 0) is 13.0 Å². The van der Waals surface area contributed by atoms with E-state index in [-0.39, 0.29) is 0 Å². The maximum Gasteiger partial charge on any atom is 0.226 e. The molecule has 0 saturated heterocycles. The number of hydrogen-bond donors (Lipinski definition) is 2. The number of nitrogens with zero attached hydrogens (tertiary/aromatic N) is 5. The molecule has 0 amide bonds. The van der Waals surface area contributed by atoms with Gasteiger partial charge in [-0.25, -0.2) is 0 Å². The molecule has 2 heterocycles. The summed E-state index contributed by atoms with van der Waals surface area (Å²) >= 11 is 0. The minimum Gasteiger partial charge on any atom is -0.357 e. The predicted octanol–water partition coefficient (Wildman–Crippen LogP) is 2.58. The van der Waals surface area contributed by atoms with Crippen molar-refractivity contribution in [3.05, 3.63) is 29.2 Å². The molecule has 0 fully saturated rings. The van der Waals surface area contributed by atoms with E-state index in [1.54, 1.807) is 0 Å². The van der Waals surface area contributed by atoms with Crippen LogP contribution in [0.15, 0.2) is 15.6 Å². The standard InChI is InChI=1S/C19H33N7O/c1-6-20-19(22-11-8-12-26-16(5)13-15(4)24-26)21-10-7-9-17-23-18(14(2)3)25-27-17/h13-14H,6-12H2,1-5H3,(H2,20,21,22). The molecular formula is C19H33N7O. The summed E-state index contributed by atoms with van der Waals surface area (Å²) in [4.78, 5) is 9.04. The molecule has 0 aromatic carbocycles. The minimum absolute atomic E-state index is 0.294. The summed E-state index contributed by atoms with van der Waals surface area (Å²) in [5, 5.41) is 15.1. The van der Waals surface area contributed by atoms with Crippen molar-refractivity contribution in [2.75, 3.05) is 19.6 Å². The normalized spacial score (nSPS) is 12.0. The molecule has 0 bridgehead atoms. The maximum atomic E-state index is 5.27. The molecule has 0 aliphatic heterocycles. The van der Waals surface area contributed by atoms with Crippen LogP contribution in [0.5, 0.6) is 0 Å². The lowest BCUT2D eigenvalue weighted by atomic mass is 10.2. The van der Waals surface area contributed by atoms with Crippen molar-refractivity contribution in [1.82, 2.24) is 30.6 Å². The highest BCUT2D eigenvalue weighted by atomic mass is 16.5. The molecule has 150 valence electrons. The summed E-state index contributed by atoms with van der Waals surface area (Å²) in [7, 11) is 0. The van der Waals surface area contributed by atoms with Gasteiger partial charge < -0.3 is 15.2 Å². The van der Waals surface area contributed by atoms with Crippen LogP contribution >= 0.6 is 0 Å². The van der Waals surface area contributed by atoms with Gasteiger partial charge in [0.15, 0.2) is 11.8 Å². The number of aryl methyl sites for hydroxylation is 4. The van der Waals surface area contributed by atoms with Crippen LogP contribution in [0.2, 0.25) is 0 Å². The number of guanidine groups is 1. The van der Waals surface area contributed by atoms with Gasteiger partial charge in [-0.3, -0.25) is 9.67 Å². The fourth-order valence-electron chi connectivity index (χ4n) is 2.70. The summed E-state index contributed by atoms with van der Waals surface area (Å²) in [5.74, 6) is 2.62. The van der Waals surface area contributed by atoms with Gasteiger partial charge in [-0.05, 0) is 39.7 Å². The molecule has 8 nitrogen and oxygen atoms in total. The Morgan fingerprint density at radius 2 is 2.07 bits per heavy atom. The van der Waals surface area contributed by atoms with E-state index in [9.17, 15) is 0 Å². The number of rotatable bonds is 10. The van der Waals surface area contributed by atoms with Gasteiger partial charge in [0.05, 0.1) is 5.69 Å². The van der Waals surface area contributed by atoms with Crippen LogP contribution < -0.4 is 10.6 Å². The van der Waals surface area contributed by atoms with E-state index < -0.39 is 0 Å². The second-order valence-electron chi connectivity index (χ2n) is 7.00. The summed E-state index contributed by atoms with van der Waals surface area (Å²) in [6.07, 6.45) is 2.64. The third-order valence-electron chi connectivity index (χ3n) is 4.11. The van der Waals surface area contributed by atoms with Crippen molar-refractivity contribution < 1.29 is 4.52 Å². The van der Waals surface area contributed by atoms with Crippen molar-refractivity contribution in [2.24, 2.45) is 4.99 Å². The second kappa shape index (κ2) is 10.7. The van der Waals surface area contributed by atoms with Crippen LogP contribution in [0.4, 0.5) is 0 Å². The highest BCUT2D eigenvalue weighted by Gasteiger charge is 2.09. The Morgan fingerprint density at radius 3 is 2.70 bits per heavy atom. The molecule has 2 aromatic heterocycles. The van der Waals surface area contributed by atoms with Crippen LogP contribution in [0.1, 0.15) is 62.6 Å². The zero-order valence-corrected chi connectivity index (χ0v) is 17.2. The fraction of sp³-hybridized carbons (Fsp3) is 0.684. The lowest BCUT2D eigenvalue weighted by Crippen LogP contribution is -2.38. The van der Waals surface area contributed by atoms with Crippen LogP contribution in [0.25, 0.3) is 0 Å². The lowest BCUT2D eigenvalue weighted by Gasteiger charge is -2.11. The number of hydrogen-bond acceptors (Lipinski definition) is 5. The average Bonchev–Trinajstić information content (AvgIpc) is 3.21. The lowest BCUT2D eigenvalue weighted by molar-refractivity contribution is 0.368. The third-order valence-corrected chi connectivity index (χ3v) is 4.11. The molecule has 0 unspecified atom stereocenters. The Hall–Kier alpha value is -2.38. The van der Waals surface area contributed by atoms with E-state index in [1.807, 2.05) is 11.6 Å². The van der Waals surface area contributed by atoms with E-state index in [0.29, 0.717) is 11.8 Å². The SMILES string of the molecule is CCNC(=NCCCn1nc(C)cc1C)NCCCc1nc(C(C)C)no1. The van der Waals surface area contributed by atoms with Gasteiger partial charge in [-0.1, -0.05) is 19.0 Å². The molecule has 0 spiro atoms. The first kappa shape index (κ1) is 20.9. The van der Waals surface area contributed by atoms with Gasteiger partial charge in [-0.15, -0.1) is 0 Å². The van der Waals surface area contributed by atoms with Crippen molar-refractivity contribution in [2.45, 2.75) is 66.3 Å². The minimum atomic E-state index is 0.294. The smallest absolute Gasteiger partial charge is 0.226 e. The number of aromatic nitrogens is 4. The Morgan fingerprint density at radius 1 is 1.26 bits per heavy atom. The molecule has 0 aliphatic rings. The topological polar surface area (TPSA) is 93.2 Å². The molecule has 2 aromatic rings. The molecule has 27 heavy (non-hydrogen) atoms. The summed E-state index contributed by atoms with van der Waals surface area (Å²) < 4.78 is 7.31. The first-order chi connectivity index (χ1) is 13.0. The average molecular weight is 376 g/mol. The van der Waals surface area contributed by atoms with Gasteiger partial charge in [0.2, 0.25) is 5.89 Å². The monoisotopic (exact) mass is 375 g/mol. The van der Waals surface area contributed by atoms with Gasteiger partial charge in [0, 0.05) is 44.2 Å². The van der Waals surface area contributed by atoms with Crippen molar-refractivity contribution in [3.63, 3.8) is 0 Å². The van der Waals surface area contributed by atoms with Crippen LogP contribution in [-0.4, -0.2) is 45.5 Å². The zero-order chi connectivity index (χ0) is 19.6. The Labute approximate surface area is 161 Å². The van der Waals surface area contributed by atoms with E-state index in [4.69, 9.17) is 4.52 Å². The molecule has 0 radical (unpaired) electrons. The Kier molecular flexibility index (Phi) is 8.29. The highest BCUT2D eigenvalue weighted by Crippen LogP contribution is 2.10. The third kappa shape index (κ3) is 7.03. The van der Waals surface area contributed by atoms with Gasteiger partial charge in [0.25, 0.3) is 0 Å². The van der Waals surface area contributed by atoms with E-state index in [0.717, 1.165) is 62.9 Å². The fourth-order valence-corrected chi connectivity index (χ4v) is 2.70. The van der Waals surface area contributed by atoms with Crippen LogP contribution in [0, 0.1) is 13.8 Å². The molecule has 2 rings (SSSR count). The van der Waals surface area contributed by atoms with E-state index >= 15 is 0 Å². The number of nitrogens with one attached hydrogen (secondary N) is 2.